The van der Waals surface area contributed by atoms with Gasteiger partial charge in [-0.1, -0.05) is 36.4 Å². The lowest BCUT2D eigenvalue weighted by Crippen LogP contribution is -2.19. The van der Waals surface area contributed by atoms with Gasteiger partial charge in [-0.15, -0.1) is 6.58 Å². The van der Waals surface area contributed by atoms with Crippen LogP contribution in [0.1, 0.15) is 23.2 Å². The Morgan fingerprint density at radius 3 is 2.53 bits per heavy atom. The van der Waals surface area contributed by atoms with Gasteiger partial charge in [0.25, 0.3) is 0 Å². The molecule has 0 amide bonds. The highest BCUT2D eigenvalue weighted by molar-refractivity contribution is 5.99. The van der Waals surface area contributed by atoms with Crippen molar-refractivity contribution >= 4 is 11.8 Å². The van der Waals surface area contributed by atoms with Crippen LogP contribution >= 0.6 is 0 Å². The molecule has 0 fully saturated rings. The van der Waals surface area contributed by atoms with Gasteiger partial charge in [-0.3, -0.25) is 9.59 Å². The first-order valence-corrected chi connectivity index (χ1v) is 5.46. The summed E-state index contributed by atoms with van der Waals surface area (Å²) >= 11 is 0. The van der Waals surface area contributed by atoms with E-state index in [9.17, 15) is 9.59 Å². The summed E-state index contributed by atoms with van der Waals surface area (Å²) in [4.78, 5) is 23.4. The van der Waals surface area contributed by atoms with Crippen LogP contribution in [0, 0.1) is 5.92 Å². The summed E-state index contributed by atoms with van der Waals surface area (Å²) in [5, 5.41) is 0. The molecule has 3 heteroatoms. The highest BCUT2D eigenvalue weighted by atomic mass is 16.5. The van der Waals surface area contributed by atoms with Crippen molar-refractivity contribution < 1.29 is 14.3 Å². The zero-order chi connectivity index (χ0) is 12.7. The second-order valence-electron chi connectivity index (χ2n) is 3.73. The Labute approximate surface area is 101 Å². The van der Waals surface area contributed by atoms with Crippen LogP contribution in [0.3, 0.4) is 0 Å². The van der Waals surface area contributed by atoms with Crippen molar-refractivity contribution in [2.75, 3.05) is 7.11 Å². The number of allylic oxidation sites excluding steroid dienone is 1. The first-order valence-electron chi connectivity index (χ1n) is 5.46. The van der Waals surface area contributed by atoms with Gasteiger partial charge in [0, 0.05) is 11.5 Å². The topological polar surface area (TPSA) is 43.4 Å². The fourth-order valence-electron chi connectivity index (χ4n) is 1.61. The fraction of sp³-hybridized carbons (Fsp3) is 0.286. The van der Waals surface area contributed by atoms with Crippen LogP contribution in [0.2, 0.25) is 0 Å². The lowest BCUT2D eigenvalue weighted by molar-refractivity contribution is -0.141. The zero-order valence-electron chi connectivity index (χ0n) is 9.89. The molecule has 90 valence electrons. The second kappa shape index (κ2) is 6.63. The maximum absolute atomic E-state index is 12.1. The lowest BCUT2D eigenvalue weighted by Gasteiger charge is -2.12. The van der Waals surface area contributed by atoms with Gasteiger partial charge in [0.05, 0.1) is 13.5 Å². The molecule has 1 aromatic rings. The van der Waals surface area contributed by atoms with Crippen LogP contribution in [0.4, 0.5) is 0 Å². The summed E-state index contributed by atoms with van der Waals surface area (Å²) in [5.74, 6) is -0.806. The van der Waals surface area contributed by atoms with Crippen molar-refractivity contribution in [3.8, 4) is 0 Å². The third-order valence-electron chi connectivity index (χ3n) is 2.52. The Balaban J connectivity index is 2.80. The average molecular weight is 232 g/mol. The number of carbonyl (C=O) groups excluding carboxylic acids is 2. The Bertz CT molecular complexity index is 395. The summed E-state index contributed by atoms with van der Waals surface area (Å²) < 4.78 is 4.59. The van der Waals surface area contributed by atoms with E-state index in [0.29, 0.717) is 12.0 Å². The van der Waals surface area contributed by atoms with Crippen molar-refractivity contribution in [3.63, 3.8) is 0 Å². The number of hydrogen-bond acceptors (Lipinski definition) is 3. The number of hydrogen-bond donors (Lipinski definition) is 0. The van der Waals surface area contributed by atoms with Gasteiger partial charge in [-0.25, -0.2) is 0 Å². The summed E-state index contributed by atoms with van der Waals surface area (Å²) in [7, 11) is 1.32. The predicted octanol–water partition coefficient (Wildman–Crippen LogP) is 2.62. The Hall–Kier alpha value is -1.90. The number of benzene rings is 1. The van der Waals surface area contributed by atoms with Gasteiger partial charge in [-0.2, -0.15) is 0 Å². The largest absolute Gasteiger partial charge is 0.469 e. The van der Waals surface area contributed by atoms with E-state index in [2.05, 4.69) is 11.3 Å². The molecule has 0 aromatic heterocycles. The molecule has 0 aliphatic carbocycles. The molecule has 0 heterocycles. The molecule has 0 aliphatic rings. The van der Waals surface area contributed by atoms with E-state index in [4.69, 9.17) is 0 Å². The molecule has 1 atom stereocenters. The van der Waals surface area contributed by atoms with Crippen LogP contribution in [-0.4, -0.2) is 18.9 Å². The van der Waals surface area contributed by atoms with E-state index in [0.717, 1.165) is 0 Å². The van der Waals surface area contributed by atoms with Crippen molar-refractivity contribution in [2.24, 2.45) is 5.92 Å². The normalized spacial score (nSPS) is 11.6. The number of ether oxygens (including phenoxy) is 1. The molecule has 0 N–H and O–H groups in total. The molecule has 1 aromatic carbocycles. The lowest BCUT2D eigenvalue weighted by atomic mass is 9.92. The Kier molecular flexibility index (Phi) is 5.14. The molecular weight excluding hydrogens is 216 g/mol. The molecule has 0 bridgehead atoms. The standard InChI is InChI=1S/C14H16O3/c1-3-7-12(10-13(15)17-2)14(16)11-8-5-4-6-9-11/h3-6,8-9,12H,1,7,10H2,2H3. The maximum atomic E-state index is 12.1. The van der Waals surface area contributed by atoms with Gasteiger partial charge in [0.2, 0.25) is 0 Å². The molecule has 0 radical (unpaired) electrons. The molecule has 17 heavy (non-hydrogen) atoms. The van der Waals surface area contributed by atoms with E-state index < -0.39 is 0 Å². The highest BCUT2D eigenvalue weighted by Crippen LogP contribution is 2.17. The van der Waals surface area contributed by atoms with Crippen molar-refractivity contribution in [3.05, 3.63) is 48.6 Å². The van der Waals surface area contributed by atoms with Gasteiger partial charge in [0.15, 0.2) is 5.78 Å². The van der Waals surface area contributed by atoms with E-state index in [-0.39, 0.29) is 24.1 Å². The second-order valence-corrected chi connectivity index (χ2v) is 3.73. The van der Waals surface area contributed by atoms with Crippen LogP contribution in [0.15, 0.2) is 43.0 Å². The molecule has 0 saturated carbocycles. The zero-order valence-corrected chi connectivity index (χ0v) is 9.89. The third-order valence-corrected chi connectivity index (χ3v) is 2.52. The van der Waals surface area contributed by atoms with Crippen molar-refractivity contribution in [1.29, 1.82) is 0 Å². The summed E-state index contributed by atoms with van der Waals surface area (Å²) in [6.07, 6.45) is 2.22. The monoisotopic (exact) mass is 232 g/mol. The number of methoxy groups -OCH3 is 1. The van der Waals surface area contributed by atoms with Gasteiger partial charge >= 0.3 is 5.97 Å². The summed E-state index contributed by atoms with van der Waals surface area (Å²) in [6, 6.07) is 8.94. The van der Waals surface area contributed by atoms with Crippen LogP contribution in [0.25, 0.3) is 0 Å². The highest BCUT2D eigenvalue weighted by Gasteiger charge is 2.22. The summed E-state index contributed by atoms with van der Waals surface area (Å²) in [6.45, 7) is 3.61. The van der Waals surface area contributed by atoms with Crippen LogP contribution < -0.4 is 0 Å². The SMILES string of the molecule is C=CCC(CC(=O)OC)C(=O)c1ccccc1. The van der Waals surface area contributed by atoms with E-state index in [1.54, 1.807) is 30.3 Å². The van der Waals surface area contributed by atoms with E-state index >= 15 is 0 Å². The number of carbonyl (C=O) groups is 2. The van der Waals surface area contributed by atoms with Gasteiger partial charge in [-0.05, 0) is 6.42 Å². The molecule has 0 spiro atoms. The van der Waals surface area contributed by atoms with E-state index in [1.165, 1.54) is 7.11 Å². The van der Waals surface area contributed by atoms with Gasteiger partial charge in [0.1, 0.15) is 0 Å². The molecule has 1 unspecified atom stereocenters. The molecule has 0 saturated heterocycles. The molecule has 3 nitrogen and oxygen atoms in total. The minimum Gasteiger partial charge on any atom is -0.469 e. The van der Waals surface area contributed by atoms with Gasteiger partial charge < -0.3 is 4.74 Å². The minimum atomic E-state index is -0.387. The quantitative estimate of drug-likeness (QED) is 0.430. The van der Waals surface area contributed by atoms with Crippen molar-refractivity contribution in [1.82, 2.24) is 0 Å². The molecular formula is C14H16O3. The van der Waals surface area contributed by atoms with Crippen LogP contribution in [0.5, 0.6) is 0 Å². The predicted molar refractivity (Wildman–Crippen MR) is 65.7 cm³/mol. The fourth-order valence-corrected chi connectivity index (χ4v) is 1.61. The number of rotatable bonds is 6. The number of ketones is 1. The van der Waals surface area contributed by atoms with Crippen molar-refractivity contribution in [2.45, 2.75) is 12.8 Å². The minimum absolute atomic E-state index is 0.0455. The first kappa shape index (κ1) is 13.2. The third kappa shape index (κ3) is 3.87. The number of esters is 1. The van der Waals surface area contributed by atoms with E-state index in [1.807, 2.05) is 6.07 Å². The molecule has 1 rings (SSSR count). The molecule has 0 aliphatic heterocycles. The summed E-state index contributed by atoms with van der Waals surface area (Å²) in [5.41, 5.74) is 0.614. The smallest absolute Gasteiger partial charge is 0.306 e. The number of Topliss-reactive ketones (excluding diaryl/α,β-unsaturated/α-hetero) is 1. The Morgan fingerprint density at radius 1 is 1.35 bits per heavy atom. The average Bonchev–Trinajstić information content (AvgIpc) is 2.38. The van der Waals surface area contributed by atoms with Crippen LogP contribution in [-0.2, 0) is 9.53 Å². The maximum Gasteiger partial charge on any atom is 0.306 e. The first-order chi connectivity index (χ1) is 8.19. The Morgan fingerprint density at radius 2 is 2.00 bits per heavy atom.